The van der Waals surface area contributed by atoms with E-state index in [4.69, 9.17) is 9.26 Å². The highest BCUT2D eigenvalue weighted by Crippen LogP contribution is 2.36. The van der Waals surface area contributed by atoms with Crippen LogP contribution in [0.4, 0.5) is 4.79 Å². The lowest BCUT2D eigenvalue weighted by atomic mass is 10.00. The Morgan fingerprint density at radius 3 is 2.05 bits per heavy atom. The first-order chi connectivity index (χ1) is 21.3. The summed E-state index contributed by atoms with van der Waals surface area (Å²) in [5.41, 5.74) is 3.29. The number of urea groups is 1. The van der Waals surface area contributed by atoms with E-state index in [1.165, 1.54) is 16.0 Å². The lowest BCUT2D eigenvalue weighted by molar-refractivity contribution is -0.156. The van der Waals surface area contributed by atoms with Crippen molar-refractivity contribution in [3.05, 3.63) is 108 Å². The first-order valence-electron chi connectivity index (χ1n) is 15.4. The number of amides is 2. The van der Waals surface area contributed by atoms with E-state index in [-0.39, 0.29) is 12.7 Å². The maximum atomic E-state index is 13.6. The number of likely N-dealkylation sites (tertiary alicyclic amines) is 1. The number of phosphoric ester groups is 1. The molecular weight excluding hydrogens is 579 g/mol. The number of nitrogens with zero attached hydrogens (tertiary/aromatic N) is 1. The average molecular weight is 623 g/mol. The van der Waals surface area contributed by atoms with Gasteiger partial charge in [-0.05, 0) is 74.5 Å². The number of phosphoric acid groups is 1. The van der Waals surface area contributed by atoms with Crippen LogP contribution in [0.15, 0.2) is 91.0 Å². The highest BCUT2D eigenvalue weighted by atomic mass is 31.2. The van der Waals surface area contributed by atoms with Crippen molar-refractivity contribution in [1.82, 2.24) is 10.2 Å². The number of hydrogen-bond acceptors (Lipinski definition) is 5. The van der Waals surface area contributed by atoms with Crippen molar-refractivity contribution in [2.75, 3.05) is 13.2 Å². The Morgan fingerprint density at radius 1 is 0.841 bits per heavy atom. The van der Waals surface area contributed by atoms with Gasteiger partial charge in [0.25, 0.3) is 0 Å². The van der Waals surface area contributed by atoms with E-state index >= 15 is 0 Å². The Labute approximate surface area is 259 Å². The molecule has 0 aromatic heterocycles. The van der Waals surface area contributed by atoms with E-state index in [2.05, 4.69) is 29.6 Å². The van der Waals surface area contributed by atoms with Gasteiger partial charge in [-0.2, -0.15) is 0 Å². The molecule has 3 aromatic rings. The fraction of sp³-hybridized carbons (Fsp3) is 0.412. The van der Waals surface area contributed by atoms with Crippen molar-refractivity contribution in [3.63, 3.8) is 0 Å². The number of carbonyl (C=O) groups is 2. The van der Waals surface area contributed by atoms with Crippen molar-refractivity contribution in [3.8, 4) is 0 Å². The van der Waals surface area contributed by atoms with Gasteiger partial charge in [0.05, 0.1) is 12.6 Å². The van der Waals surface area contributed by atoms with Crippen LogP contribution in [0, 0.1) is 0 Å². The standard InChI is InChI=1S/C34H43N2O7P/c37-33(43-31(23-22-28-15-6-2-7-16-28)20-12-19-27-13-4-1-5-14-27)32-21-10-11-24-36(32)34(38)35-30(26-42-44(39,40)41)25-29-17-8-3-9-18-29/h1-9,13-18,30-32H,10-12,19-26H2,(H,35,38)(H2,39,40,41)/t30?,31?,32-/m0/s1. The predicted molar refractivity (Wildman–Crippen MR) is 169 cm³/mol. The SMILES string of the molecule is O=C(OC(CCCc1ccccc1)CCc1ccccc1)[C@@H]1CCCCN1C(=O)NC(COP(=O)(O)O)Cc1ccccc1. The Morgan fingerprint density at radius 2 is 1.43 bits per heavy atom. The number of benzene rings is 3. The van der Waals surface area contributed by atoms with Crippen molar-refractivity contribution in [1.29, 1.82) is 0 Å². The molecule has 2 unspecified atom stereocenters. The highest BCUT2D eigenvalue weighted by Gasteiger charge is 2.35. The second kappa shape index (κ2) is 17.1. The quantitative estimate of drug-likeness (QED) is 0.144. The minimum absolute atomic E-state index is 0.291. The minimum atomic E-state index is -4.74. The second-order valence-electron chi connectivity index (χ2n) is 11.3. The summed E-state index contributed by atoms with van der Waals surface area (Å²) in [4.78, 5) is 47.2. The Balaban J connectivity index is 1.41. The van der Waals surface area contributed by atoms with Gasteiger partial charge in [0.1, 0.15) is 12.1 Å². The summed E-state index contributed by atoms with van der Waals surface area (Å²) in [6.07, 6.45) is 5.97. The van der Waals surface area contributed by atoms with Crippen molar-refractivity contribution in [2.24, 2.45) is 0 Å². The number of ether oxygens (including phenoxy) is 1. The van der Waals surface area contributed by atoms with Crippen LogP contribution in [0.5, 0.6) is 0 Å². The molecule has 1 heterocycles. The third-order valence-electron chi connectivity index (χ3n) is 7.85. The zero-order chi connectivity index (χ0) is 31.2. The zero-order valence-electron chi connectivity index (χ0n) is 25.0. The maximum absolute atomic E-state index is 13.6. The van der Waals surface area contributed by atoms with Crippen LogP contribution in [-0.2, 0) is 37.9 Å². The summed E-state index contributed by atoms with van der Waals surface area (Å²) >= 11 is 0. The van der Waals surface area contributed by atoms with Crippen LogP contribution in [0.2, 0.25) is 0 Å². The normalized spacial score (nSPS) is 16.6. The molecule has 3 N–H and O–H groups in total. The van der Waals surface area contributed by atoms with E-state index < -0.39 is 31.9 Å². The van der Waals surface area contributed by atoms with Crippen LogP contribution in [0.25, 0.3) is 0 Å². The van der Waals surface area contributed by atoms with Crippen molar-refractivity contribution in [2.45, 2.75) is 76.0 Å². The minimum Gasteiger partial charge on any atom is -0.461 e. The van der Waals surface area contributed by atoms with E-state index in [1.807, 2.05) is 66.7 Å². The smallest absolute Gasteiger partial charge is 0.461 e. The van der Waals surface area contributed by atoms with Gasteiger partial charge >= 0.3 is 19.8 Å². The lowest BCUT2D eigenvalue weighted by Crippen LogP contribution is -2.55. The largest absolute Gasteiger partial charge is 0.469 e. The molecular formula is C34H43N2O7P. The number of aryl methyl sites for hydroxylation is 2. The van der Waals surface area contributed by atoms with Gasteiger partial charge in [-0.3, -0.25) is 4.52 Å². The molecule has 236 valence electrons. The molecule has 1 aliphatic rings. The van der Waals surface area contributed by atoms with E-state index in [1.54, 1.807) is 0 Å². The fourth-order valence-corrected chi connectivity index (χ4v) is 5.94. The van der Waals surface area contributed by atoms with Crippen LogP contribution in [0.1, 0.15) is 55.2 Å². The fourth-order valence-electron chi connectivity index (χ4n) is 5.57. The second-order valence-corrected chi connectivity index (χ2v) is 12.5. The summed E-state index contributed by atoms with van der Waals surface area (Å²) in [6, 6.07) is 27.7. The molecule has 2 amide bonds. The van der Waals surface area contributed by atoms with Crippen LogP contribution < -0.4 is 5.32 Å². The van der Waals surface area contributed by atoms with Gasteiger partial charge < -0.3 is 24.7 Å². The van der Waals surface area contributed by atoms with Crippen molar-refractivity contribution >= 4 is 19.8 Å². The maximum Gasteiger partial charge on any atom is 0.469 e. The molecule has 1 fully saturated rings. The molecule has 10 heteroatoms. The van der Waals surface area contributed by atoms with Gasteiger partial charge in [0.2, 0.25) is 0 Å². The van der Waals surface area contributed by atoms with E-state index in [0.29, 0.717) is 32.2 Å². The topological polar surface area (TPSA) is 125 Å². The van der Waals surface area contributed by atoms with Gasteiger partial charge in [-0.25, -0.2) is 14.2 Å². The molecule has 1 saturated heterocycles. The Kier molecular flexibility index (Phi) is 13.0. The number of carbonyl (C=O) groups excluding carboxylic acids is 2. The summed E-state index contributed by atoms with van der Waals surface area (Å²) in [5.74, 6) is -0.413. The highest BCUT2D eigenvalue weighted by molar-refractivity contribution is 7.46. The molecule has 0 radical (unpaired) electrons. The zero-order valence-corrected chi connectivity index (χ0v) is 25.9. The predicted octanol–water partition coefficient (Wildman–Crippen LogP) is 5.84. The van der Waals surface area contributed by atoms with Gasteiger partial charge in [-0.15, -0.1) is 0 Å². The number of esters is 1. The number of hydrogen-bond donors (Lipinski definition) is 3. The summed E-state index contributed by atoms with van der Waals surface area (Å²) in [6.45, 7) is 0.00252. The number of nitrogens with one attached hydrogen (secondary N) is 1. The first kappa shape index (κ1) is 33.4. The van der Waals surface area contributed by atoms with Crippen LogP contribution in [0.3, 0.4) is 0 Å². The summed E-state index contributed by atoms with van der Waals surface area (Å²) in [5, 5.41) is 2.86. The summed E-state index contributed by atoms with van der Waals surface area (Å²) in [7, 11) is -4.74. The molecule has 9 nitrogen and oxygen atoms in total. The molecule has 1 aliphatic heterocycles. The number of rotatable bonds is 15. The van der Waals surface area contributed by atoms with Crippen molar-refractivity contribution < 1.29 is 33.2 Å². The molecule has 0 bridgehead atoms. The van der Waals surface area contributed by atoms with Gasteiger partial charge in [-0.1, -0.05) is 91.0 Å². The first-order valence-corrected chi connectivity index (χ1v) is 16.9. The molecule has 0 aliphatic carbocycles. The van der Waals surface area contributed by atoms with Crippen LogP contribution >= 0.6 is 7.82 Å². The third-order valence-corrected chi connectivity index (χ3v) is 8.33. The third kappa shape index (κ3) is 11.5. The molecule has 44 heavy (non-hydrogen) atoms. The van der Waals surface area contributed by atoms with Gasteiger partial charge in [0, 0.05) is 6.54 Å². The number of piperidine rings is 1. The average Bonchev–Trinajstić information content (AvgIpc) is 3.03. The molecule has 3 aromatic carbocycles. The van der Waals surface area contributed by atoms with Crippen LogP contribution in [-0.4, -0.2) is 58.0 Å². The van der Waals surface area contributed by atoms with E-state index in [0.717, 1.165) is 37.7 Å². The van der Waals surface area contributed by atoms with E-state index in [9.17, 15) is 23.9 Å². The lowest BCUT2D eigenvalue weighted by Gasteiger charge is -2.36. The van der Waals surface area contributed by atoms with Gasteiger partial charge in [0.15, 0.2) is 0 Å². The molecule has 0 spiro atoms. The Hall–Kier alpha value is -3.49. The molecule has 0 saturated carbocycles. The molecule has 3 atom stereocenters. The Bertz CT molecular complexity index is 1340. The molecule has 4 rings (SSSR count). The summed E-state index contributed by atoms with van der Waals surface area (Å²) < 4.78 is 22.3. The monoisotopic (exact) mass is 622 g/mol.